The molecule has 0 amide bonds. The van der Waals surface area contributed by atoms with E-state index in [0.717, 1.165) is 47.6 Å². The van der Waals surface area contributed by atoms with Gasteiger partial charge in [0.15, 0.2) is 0 Å². The molecule has 0 saturated heterocycles. The fraction of sp³-hybridized carbons (Fsp3) is 0.562. The summed E-state index contributed by atoms with van der Waals surface area (Å²) < 4.78 is 5.67. The van der Waals surface area contributed by atoms with E-state index in [2.05, 4.69) is 17.9 Å². The third kappa shape index (κ3) is 4.16. The first-order valence-corrected chi connectivity index (χ1v) is 8.19. The topological polar surface area (TPSA) is 36.3 Å². The maximum Gasteiger partial charge on any atom is 0.103 e. The first-order valence-electron chi connectivity index (χ1n) is 7.21. The summed E-state index contributed by atoms with van der Waals surface area (Å²) in [6.07, 6.45) is 2.65. The first-order chi connectivity index (χ1) is 9.76. The van der Waals surface area contributed by atoms with Crippen LogP contribution in [0.4, 0.5) is 5.69 Å². The Morgan fingerprint density at radius 3 is 2.90 bits per heavy atom. The predicted octanol–water partition coefficient (Wildman–Crippen LogP) is 3.53. The van der Waals surface area contributed by atoms with E-state index in [1.54, 1.807) is 11.8 Å². The normalized spacial score (nSPS) is 14.1. The molecule has 2 rings (SSSR count). The zero-order chi connectivity index (χ0) is 14.4. The van der Waals surface area contributed by atoms with E-state index in [9.17, 15) is 5.26 Å². The molecular formula is C16H22N2OS. The van der Waals surface area contributed by atoms with Gasteiger partial charge in [0.05, 0.1) is 17.9 Å². The molecule has 0 radical (unpaired) electrons. The van der Waals surface area contributed by atoms with Crippen molar-refractivity contribution in [3.8, 4) is 6.07 Å². The van der Waals surface area contributed by atoms with E-state index in [1.807, 2.05) is 25.2 Å². The summed E-state index contributed by atoms with van der Waals surface area (Å²) in [6.45, 7) is 4.54. The van der Waals surface area contributed by atoms with E-state index < -0.39 is 0 Å². The molecule has 20 heavy (non-hydrogen) atoms. The fourth-order valence-electron chi connectivity index (χ4n) is 2.08. The lowest BCUT2D eigenvalue weighted by Gasteiger charge is -2.21. The minimum atomic E-state index is 0.725. The average Bonchev–Trinajstić information content (AvgIpc) is 3.27. The Morgan fingerprint density at radius 1 is 1.45 bits per heavy atom. The van der Waals surface area contributed by atoms with Crippen molar-refractivity contribution in [2.75, 3.05) is 37.5 Å². The molecule has 0 unspecified atom stereocenters. The van der Waals surface area contributed by atoms with Crippen LogP contribution in [0, 0.1) is 17.2 Å². The van der Waals surface area contributed by atoms with Gasteiger partial charge in [-0.05, 0) is 36.6 Å². The lowest BCUT2D eigenvalue weighted by atomic mass is 10.2. The number of rotatable bonds is 8. The van der Waals surface area contributed by atoms with Crippen LogP contribution in [-0.2, 0) is 4.74 Å². The number of nitriles is 1. The van der Waals surface area contributed by atoms with Crippen molar-refractivity contribution >= 4 is 17.4 Å². The molecule has 4 heteroatoms. The number of likely N-dealkylation sites (N-methyl/N-ethyl adjacent to an activating group) is 1. The van der Waals surface area contributed by atoms with Crippen molar-refractivity contribution in [2.45, 2.75) is 24.7 Å². The molecule has 1 aromatic carbocycles. The largest absolute Gasteiger partial charge is 0.379 e. The van der Waals surface area contributed by atoms with E-state index >= 15 is 0 Å². The van der Waals surface area contributed by atoms with Crippen LogP contribution >= 0.6 is 11.8 Å². The Hall–Kier alpha value is -1.18. The molecule has 0 bridgehead atoms. The zero-order valence-electron chi connectivity index (χ0n) is 12.3. The fourth-order valence-corrected chi connectivity index (χ4v) is 2.86. The summed E-state index contributed by atoms with van der Waals surface area (Å²) in [4.78, 5) is 3.18. The molecule has 1 aliphatic rings. The Balaban J connectivity index is 1.94. The number of hydrogen-bond acceptors (Lipinski definition) is 4. The van der Waals surface area contributed by atoms with Crippen LogP contribution in [0.25, 0.3) is 0 Å². The molecule has 0 aliphatic heterocycles. The molecule has 1 aliphatic carbocycles. The lowest BCUT2D eigenvalue weighted by Crippen LogP contribution is -2.24. The molecule has 0 spiro atoms. The Bertz CT molecular complexity index is 480. The Kier molecular flexibility index (Phi) is 5.75. The second kappa shape index (κ2) is 7.56. The number of hydrogen-bond donors (Lipinski definition) is 0. The van der Waals surface area contributed by atoms with Crippen LogP contribution in [0.15, 0.2) is 23.1 Å². The predicted molar refractivity (Wildman–Crippen MR) is 84.4 cm³/mol. The molecule has 0 heterocycles. The van der Waals surface area contributed by atoms with Crippen LogP contribution in [0.1, 0.15) is 25.3 Å². The summed E-state index contributed by atoms with van der Waals surface area (Å²) >= 11 is 1.72. The van der Waals surface area contributed by atoms with Crippen molar-refractivity contribution in [1.82, 2.24) is 0 Å². The summed E-state index contributed by atoms with van der Waals surface area (Å²) in [5.74, 6) is 1.78. The monoisotopic (exact) mass is 290 g/mol. The number of anilines is 1. The minimum absolute atomic E-state index is 0.725. The maximum absolute atomic E-state index is 9.41. The Morgan fingerprint density at radius 2 is 2.25 bits per heavy atom. The molecule has 0 N–H and O–H groups in total. The van der Waals surface area contributed by atoms with Gasteiger partial charge in [-0.2, -0.15) is 5.26 Å². The van der Waals surface area contributed by atoms with E-state index in [4.69, 9.17) is 4.74 Å². The van der Waals surface area contributed by atoms with Gasteiger partial charge in [-0.25, -0.2) is 0 Å². The van der Waals surface area contributed by atoms with Gasteiger partial charge in [-0.3, -0.25) is 0 Å². The lowest BCUT2D eigenvalue weighted by molar-refractivity contribution is 0.131. The van der Waals surface area contributed by atoms with Gasteiger partial charge < -0.3 is 9.64 Å². The third-order valence-corrected chi connectivity index (χ3v) is 4.39. The summed E-state index contributed by atoms with van der Waals surface area (Å²) in [5, 5.41) is 9.41. The molecule has 1 fully saturated rings. The number of thioether (sulfide) groups is 1. The third-order valence-electron chi connectivity index (χ3n) is 3.45. The highest BCUT2D eigenvalue weighted by molar-refractivity contribution is 7.99. The van der Waals surface area contributed by atoms with E-state index in [-0.39, 0.29) is 0 Å². The molecule has 108 valence electrons. The molecule has 1 saturated carbocycles. The van der Waals surface area contributed by atoms with Crippen molar-refractivity contribution in [2.24, 2.45) is 5.92 Å². The van der Waals surface area contributed by atoms with Crippen LogP contribution in [0.2, 0.25) is 0 Å². The van der Waals surface area contributed by atoms with Gasteiger partial charge in [0, 0.05) is 25.1 Å². The van der Waals surface area contributed by atoms with Gasteiger partial charge >= 0.3 is 0 Å². The second-order valence-corrected chi connectivity index (χ2v) is 6.44. The van der Waals surface area contributed by atoms with Gasteiger partial charge in [0.25, 0.3) is 0 Å². The highest BCUT2D eigenvalue weighted by atomic mass is 32.2. The maximum atomic E-state index is 9.41. The van der Waals surface area contributed by atoms with Gasteiger partial charge in [0.1, 0.15) is 6.07 Å². The van der Waals surface area contributed by atoms with Crippen LogP contribution in [0.3, 0.4) is 0 Å². The zero-order valence-corrected chi connectivity index (χ0v) is 13.1. The first kappa shape index (κ1) is 15.2. The highest BCUT2D eigenvalue weighted by Crippen LogP contribution is 2.30. The summed E-state index contributed by atoms with van der Waals surface area (Å²) in [6, 6.07) is 8.40. The molecule has 1 aromatic rings. The van der Waals surface area contributed by atoms with E-state index in [0.29, 0.717) is 0 Å². The second-order valence-electron chi connectivity index (χ2n) is 5.13. The summed E-state index contributed by atoms with van der Waals surface area (Å²) in [5.41, 5.74) is 1.78. The van der Waals surface area contributed by atoms with Crippen molar-refractivity contribution in [1.29, 1.82) is 5.26 Å². The molecule has 0 atom stereocenters. The SMILES string of the molecule is CCSc1cccc(N(C)CCOCC2CC2)c1C#N. The highest BCUT2D eigenvalue weighted by Gasteiger charge is 2.21. The van der Waals surface area contributed by atoms with E-state index in [1.165, 1.54) is 12.8 Å². The standard InChI is InChI=1S/C16H22N2OS/c1-3-20-16-6-4-5-15(14(16)11-17)18(2)9-10-19-12-13-7-8-13/h4-6,13H,3,7-10,12H2,1-2H3. The number of benzene rings is 1. The van der Waals surface area contributed by atoms with Crippen molar-refractivity contribution in [3.05, 3.63) is 23.8 Å². The Labute approximate surface area is 125 Å². The number of nitrogens with zero attached hydrogens (tertiary/aromatic N) is 2. The summed E-state index contributed by atoms with van der Waals surface area (Å²) in [7, 11) is 2.02. The van der Waals surface area contributed by atoms with Gasteiger partial charge in [-0.1, -0.05) is 13.0 Å². The number of ether oxygens (including phenoxy) is 1. The molecule has 0 aromatic heterocycles. The van der Waals surface area contributed by atoms with Crippen LogP contribution in [-0.4, -0.2) is 32.6 Å². The van der Waals surface area contributed by atoms with Crippen LogP contribution in [0.5, 0.6) is 0 Å². The van der Waals surface area contributed by atoms with Crippen molar-refractivity contribution in [3.63, 3.8) is 0 Å². The smallest absolute Gasteiger partial charge is 0.103 e. The molecule has 3 nitrogen and oxygen atoms in total. The quantitative estimate of drug-likeness (QED) is 0.542. The molecular weight excluding hydrogens is 268 g/mol. The van der Waals surface area contributed by atoms with Gasteiger partial charge in [0.2, 0.25) is 0 Å². The average molecular weight is 290 g/mol. The minimum Gasteiger partial charge on any atom is -0.379 e. The van der Waals surface area contributed by atoms with Gasteiger partial charge in [-0.15, -0.1) is 11.8 Å². The van der Waals surface area contributed by atoms with Crippen LogP contribution < -0.4 is 4.90 Å². The van der Waals surface area contributed by atoms with Crippen molar-refractivity contribution < 1.29 is 4.74 Å².